The molecule has 6 heteroatoms. The van der Waals surface area contributed by atoms with E-state index in [1.165, 1.54) is 12.1 Å². The average Bonchev–Trinajstić information content (AvgIpc) is 2.43. The molecule has 0 bridgehead atoms. The third-order valence-corrected chi connectivity index (χ3v) is 3.46. The summed E-state index contributed by atoms with van der Waals surface area (Å²) in [6.45, 7) is 4.04. The van der Waals surface area contributed by atoms with Crippen LogP contribution < -0.4 is 11.1 Å². The number of amides is 1. The first-order valence-corrected chi connectivity index (χ1v) is 6.46. The summed E-state index contributed by atoms with van der Waals surface area (Å²) in [5.41, 5.74) is 4.64. The second-order valence-corrected chi connectivity index (χ2v) is 4.83. The van der Waals surface area contributed by atoms with Gasteiger partial charge in [0.15, 0.2) is 0 Å². The van der Waals surface area contributed by atoms with Crippen LogP contribution in [0.2, 0.25) is 0 Å². The zero-order chi connectivity index (χ0) is 15.4. The van der Waals surface area contributed by atoms with E-state index in [9.17, 15) is 18.0 Å². The van der Waals surface area contributed by atoms with Gasteiger partial charge in [-0.2, -0.15) is 13.2 Å². The molecule has 20 heavy (non-hydrogen) atoms. The van der Waals surface area contributed by atoms with E-state index in [1.54, 1.807) is 0 Å². The number of nitrogens with one attached hydrogen (secondary N) is 1. The van der Waals surface area contributed by atoms with Crippen LogP contribution >= 0.6 is 0 Å². The number of halogens is 3. The van der Waals surface area contributed by atoms with E-state index in [-0.39, 0.29) is 12.1 Å². The Labute approximate surface area is 116 Å². The maximum atomic E-state index is 12.6. The van der Waals surface area contributed by atoms with Crippen molar-refractivity contribution in [2.75, 3.05) is 6.54 Å². The van der Waals surface area contributed by atoms with Gasteiger partial charge in [-0.1, -0.05) is 19.9 Å². The zero-order valence-electron chi connectivity index (χ0n) is 11.6. The van der Waals surface area contributed by atoms with Gasteiger partial charge in [-0.3, -0.25) is 4.79 Å². The predicted octanol–water partition coefficient (Wildman–Crippen LogP) is 2.95. The Morgan fingerprint density at radius 3 is 2.35 bits per heavy atom. The molecule has 1 amide bonds. The minimum absolute atomic E-state index is 0.0191. The Hall–Kier alpha value is -1.56. The van der Waals surface area contributed by atoms with Gasteiger partial charge < -0.3 is 11.1 Å². The summed E-state index contributed by atoms with van der Waals surface area (Å²) in [7, 11) is 0. The molecular formula is C14H19F3N2O. The third kappa shape index (κ3) is 4.23. The zero-order valence-corrected chi connectivity index (χ0v) is 11.6. The summed E-state index contributed by atoms with van der Waals surface area (Å²) in [4.78, 5) is 11.9. The van der Waals surface area contributed by atoms with Crippen LogP contribution in [0, 0.1) is 0 Å². The summed E-state index contributed by atoms with van der Waals surface area (Å²) in [6, 6.07) is 4.33. The van der Waals surface area contributed by atoms with Crippen molar-refractivity contribution in [2.24, 2.45) is 5.73 Å². The van der Waals surface area contributed by atoms with Gasteiger partial charge in [0, 0.05) is 17.6 Å². The molecular weight excluding hydrogens is 269 g/mol. The van der Waals surface area contributed by atoms with Crippen molar-refractivity contribution >= 4 is 5.91 Å². The molecule has 0 aliphatic carbocycles. The number of hydrogen-bond acceptors (Lipinski definition) is 2. The summed E-state index contributed by atoms with van der Waals surface area (Å²) < 4.78 is 37.7. The van der Waals surface area contributed by atoms with Crippen molar-refractivity contribution in [3.8, 4) is 0 Å². The van der Waals surface area contributed by atoms with Crippen molar-refractivity contribution in [2.45, 2.75) is 38.4 Å². The minimum Gasteiger partial charge on any atom is -0.350 e. The van der Waals surface area contributed by atoms with Crippen LogP contribution in [0.5, 0.6) is 0 Å². The monoisotopic (exact) mass is 288 g/mol. The fraction of sp³-hybridized carbons (Fsp3) is 0.500. The van der Waals surface area contributed by atoms with Gasteiger partial charge in [-0.25, -0.2) is 0 Å². The van der Waals surface area contributed by atoms with Crippen molar-refractivity contribution in [3.05, 3.63) is 35.4 Å². The average molecular weight is 288 g/mol. The summed E-state index contributed by atoms with van der Waals surface area (Å²) in [5, 5.41) is 2.59. The topological polar surface area (TPSA) is 55.1 Å². The largest absolute Gasteiger partial charge is 0.416 e. The van der Waals surface area contributed by atoms with Crippen LogP contribution in [0.3, 0.4) is 0 Å². The highest BCUT2D eigenvalue weighted by Gasteiger charge is 2.31. The number of carbonyl (C=O) groups excluding carboxylic acids is 1. The summed E-state index contributed by atoms with van der Waals surface area (Å²) in [5.74, 6) is -0.548. The summed E-state index contributed by atoms with van der Waals surface area (Å²) >= 11 is 0. The van der Waals surface area contributed by atoms with Crippen molar-refractivity contribution in [1.82, 2.24) is 5.32 Å². The van der Waals surface area contributed by atoms with Crippen LogP contribution in [0.1, 0.15) is 42.6 Å². The molecule has 0 fully saturated rings. The number of alkyl halides is 3. The van der Waals surface area contributed by atoms with Crippen LogP contribution in [0.4, 0.5) is 13.2 Å². The molecule has 0 aliphatic rings. The lowest BCUT2D eigenvalue weighted by Crippen LogP contribution is -2.49. The summed E-state index contributed by atoms with van der Waals surface area (Å²) in [6.07, 6.45) is -3.11. The Kier molecular flexibility index (Phi) is 5.16. The molecule has 0 aliphatic heterocycles. The van der Waals surface area contributed by atoms with Gasteiger partial charge in [0.05, 0.1) is 5.56 Å². The predicted molar refractivity (Wildman–Crippen MR) is 71.3 cm³/mol. The molecule has 0 radical (unpaired) electrons. The number of benzene rings is 1. The quantitative estimate of drug-likeness (QED) is 0.875. The Morgan fingerprint density at radius 2 is 1.85 bits per heavy atom. The van der Waals surface area contributed by atoms with Gasteiger partial charge in [0.25, 0.3) is 5.91 Å². The van der Waals surface area contributed by atoms with Crippen LogP contribution in [0.25, 0.3) is 0 Å². The molecule has 0 heterocycles. The standard InChI is InChI=1S/C14H19F3N2O/c1-3-13(18,4-2)9-19-12(20)10-6-5-7-11(8-10)14(15,16)17/h5-8H,3-4,9,18H2,1-2H3,(H,19,20). The molecule has 0 atom stereocenters. The van der Waals surface area contributed by atoms with Crippen molar-refractivity contribution in [1.29, 1.82) is 0 Å². The molecule has 1 aromatic rings. The van der Waals surface area contributed by atoms with E-state index in [1.807, 2.05) is 13.8 Å². The van der Waals surface area contributed by atoms with Gasteiger partial charge in [-0.05, 0) is 31.0 Å². The van der Waals surface area contributed by atoms with Crippen LogP contribution in [0.15, 0.2) is 24.3 Å². The lowest BCUT2D eigenvalue weighted by Gasteiger charge is -2.26. The molecule has 0 saturated carbocycles. The number of carbonyl (C=O) groups is 1. The minimum atomic E-state index is -4.46. The Balaban J connectivity index is 2.79. The van der Waals surface area contributed by atoms with Crippen molar-refractivity contribution < 1.29 is 18.0 Å². The van der Waals surface area contributed by atoms with E-state index in [2.05, 4.69) is 5.32 Å². The van der Waals surface area contributed by atoms with E-state index >= 15 is 0 Å². The van der Waals surface area contributed by atoms with Gasteiger partial charge in [-0.15, -0.1) is 0 Å². The lowest BCUT2D eigenvalue weighted by atomic mass is 9.94. The highest BCUT2D eigenvalue weighted by molar-refractivity contribution is 5.94. The maximum Gasteiger partial charge on any atom is 0.416 e. The van der Waals surface area contributed by atoms with E-state index in [0.717, 1.165) is 12.1 Å². The Bertz CT molecular complexity index is 468. The SMILES string of the molecule is CCC(N)(CC)CNC(=O)c1cccc(C(F)(F)F)c1. The molecule has 1 rings (SSSR count). The van der Waals surface area contributed by atoms with Gasteiger partial charge >= 0.3 is 6.18 Å². The van der Waals surface area contributed by atoms with E-state index in [4.69, 9.17) is 5.73 Å². The van der Waals surface area contributed by atoms with E-state index in [0.29, 0.717) is 12.8 Å². The smallest absolute Gasteiger partial charge is 0.350 e. The molecule has 0 aromatic heterocycles. The number of nitrogens with two attached hydrogens (primary N) is 1. The molecule has 0 saturated heterocycles. The maximum absolute atomic E-state index is 12.6. The molecule has 3 nitrogen and oxygen atoms in total. The Morgan fingerprint density at radius 1 is 1.25 bits per heavy atom. The lowest BCUT2D eigenvalue weighted by molar-refractivity contribution is -0.137. The highest BCUT2D eigenvalue weighted by atomic mass is 19.4. The first kappa shape index (κ1) is 16.5. The second-order valence-electron chi connectivity index (χ2n) is 4.83. The first-order valence-electron chi connectivity index (χ1n) is 6.46. The van der Waals surface area contributed by atoms with E-state index < -0.39 is 23.2 Å². The molecule has 112 valence electrons. The fourth-order valence-corrected chi connectivity index (χ4v) is 1.70. The molecule has 3 N–H and O–H groups in total. The molecule has 0 spiro atoms. The molecule has 0 unspecified atom stereocenters. The van der Waals surface area contributed by atoms with Crippen LogP contribution in [-0.4, -0.2) is 18.0 Å². The fourth-order valence-electron chi connectivity index (χ4n) is 1.70. The highest BCUT2D eigenvalue weighted by Crippen LogP contribution is 2.29. The first-order chi connectivity index (χ1) is 9.22. The van der Waals surface area contributed by atoms with Crippen LogP contribution in [-0.2, 0) is 6.18 Å². The van der Waals surface area contributed by atoms with Gasteiger partial charge in [0.2, 0.25) is 0 Å². The number of rotatable bonds is 5. The molecule has 1 aromatic carbocycles. The van der Waals surface area contributed by atoms with Crippen molar-refractivity contribution in [3.63, 3.8) is 0 Å². The normalized spacial score (nSPS) is 12.3. The third-order valence-electron chi connectivity index (χ3n) is 3.46. The second kappa shape index (κ2) is 6.26. The number of hydrogen-bond donors (Lipinski definition) is 2. The van der Waals surface area contributed by atoms with Gasteiger partial charge in [0.1, 0.15) is 0 Å².